The fourth-order valence-electron chi connectivity index (χ4n) is 9.74. The zero-order chi connectivity index (χ0) is 29.6. The number of cyclic esters (lactones) is 1. The summed E-state index contributed by atoms with van der Waals surface area (Å²) >= 11 is 0. The zero-order valence-electron chi connectivity index (χ0n) is 24.6. The van der Waals surface area contributed by atoms with Gasteiger partial charge in [-0.2, -0.15) is 0 Å². The molecule has 13 atom stereocenters. The summed E-state index contributed by atoms with van der Waals surface area (Å²) < 4.78 is 11.2. The Morgan fingerprint density at radius 2 is 1.82 bits per heavy atom. The van der Waals surface area contributed by atoms with Crippen molar-refractivity contribution in [1.82, 2.24) is 0 Å². The molecule has 0 spiro atoms. The van der Waals surface area contributed by atoms with Gasteiger partial charge in [-0.1, -0.05) is 20.8 Å². The lowest BCUT2D eigenvalue weighted by Crippen LogP contribution is -2.63. The van der Waals surface area contributed by atoms with Crippen molar-refractivity contribution in [2.75, 3.05) is 0 Å². The summed E-state index contributed by atoms with van der Waals surface area (Å²) in [7, 11) is 0. The van der Waals surface area contributed by atoms with Crippen LogP contribution in [0.25, 0.3) is 0 Å². The maximum absolute atomic E-state index is 13.4. The fraction of sp³-hybridized carbons (Fsp3) is 0.839. The molecule has 0 unspecified atom stereocenters. The van der Waals surface area contributed by atoms with Crippen LogP contribution < -0.4 is 0 Å². The molecule has 0 aromatic carbocycles. The number of aliphatic hydroxyl groups is 4. The first kappa shape index (κ1) is 29.7. The van der Waals surface area contributed by atoms with Gasteiger partial charge in [0.2, 0.25) is 0 Å². The topological polar surface area (TPSA) is 151 Å². The van der Waals surface area contributed by atoms with Crippen LogP contribution in [0.4, 0.5) is 0 Å². The lowest BCUT2D eigenvalue weighted by molar-refractivity contribution is -0.194. The standard InChI is InChI=1S/C31H46O9/c1-15-18(16(2)39-27(15)36)11-26(40-17(3)32)30(6,37)25-8-10-31(38)20-12-22(33)21-13-23(34)24(35)14-28(21,4)19(20)7-9-29(25,31)5/h12,15-16,18-19,21,23-26,34-35,37-38H,7-11,13-14H2,1-6H3/t15-,16+,18-,19-,21-,23+,24+,25-,26+,28+,29+,30+,31+/m0/s1. The summed E-state index contributed by atoms with van der Waals surface area (Å²) in [5, 5.41) is 45.6. The Labute approximate surface area is 236 Å². The van der Waals surface area contributed by atoms with E-state index >= 15 is 0 Å². The number of carbonyl (C=O) groups is 3. The first-order valence-electron chi connectivity index (χ1n) is 14.9. The second kappa shape index (κ2) is 9.61. The molecule has 1 aliphatic heterocycles. The molecule has 4 N–H and O–H groups in total. The number of rotatable bonds is 5. The molecule has 4 aliphatic carbocycles. The average Bonchev–Trinajstić information content (AvgIpc) is 3.27. The Morgan fingerprint density at radius 3 is 2.42 bits per heavy atom. The molecule has 40 heavy (non-hydrogen) atoms. The number of hydrogen-bond donors (Lipinski definition) is 4. The summed E-state index contributed by atoms with van der Waals surface area (Å²) in [6, 6.07) is 0. The van der Waals surface area contributed by atoms with Crippen LogP contribution in [-0.4, -0.2) is 73.8 Å². The third-order valence-corrected chi connectivity index (χ3v) is 12.2. The van der Waals surface area contributed by atoms with Gasteiger partial charge in [0, 0.05) is 24.2 Å². The lowest BCUT2D eigenvalue weighted by atomic mass is 9.45. The first-order valence-corrected chi connectivity index (χ1v) is 14.9. The van der Waals surface area contributed by atoms with Gasteiger partial charge in [-0.05, 0) is 87.7 Å². The van der Waals surface area contributed by atoms with Crippen LogP contribution in [-0.2, 0) is 23.9 Å². The van der Waals surface area contributed by atoms with Gasteiger partial charge in [-0.3, -0.25) is 14.4 Å². The van der Waals surface area contributed by atoms with Gasteiger partial charge in [-0.25, -0.2) is 0 Å². The van der Waals surface area contributed by atoms with Gasteiger partial charge >= 0.3 is 11.9 Å². The van der Waals surface area contributed by atoms with Crippen molar-refractivity contribution in [3.05, 3.63) is 11.6 Å². The molecule has 1 heterocycles. The molecule has 0 aromatic heterocycles. The molecule has 5 aliphatic rings. The third-order valence-electron chi connectivity index (χ3n) is 12.2. The van der Waals surface area contributed by atoms with Gasteiger partial charge in [0.15, 0.2) is 5.78 Å². The zero-order valence-corrected chi connectivity index (χ0v) is 24.6. The third kappa shape index (κ3) is 4.13. The van der Waals surface area contributed by atoms with Crippen molar-refractivity contribution in [2.45, 2.75) is 122 Å². The number of ketones is 1. The minimum absolute atomic E-state index is 0.126. The van der Waals surface area contributed by atoms with Crippen LogP contribution in [0.1, 0.15) is 86.5 Å². The maximum atomic E-state index is 13.4. The Balaban J connectivity index is 1.48. The summed E-state index contributed by atoms with van der Waals surface area (Å²) in [5.41, 5.74) is -3.61. The largest absolute Gasteiger partial charge is 0.462 e. The number of hydrogen-bond acceptors (Lipinski definition) is 9. The molecule has 4 fully saturated rings. The van der Waals surface area contributed by atoms with Crippen LogP contribution in [0, 0.1) is 40.4 Å². The van der Waals surface area contributed by atoms with E-state index in [4.69, 9.17) is 9.47 Å². The monoisotopic (exact) mass is 562 g/mol. The molecule has 0 radical (unpaired) electrons. The Bertz CT molecular complexity index is 1110. The molecule has 224 valence electrons. The van der Waals surface area contributed by atoms with E-state index in [1.165, 1.54) is 6.92 Å². The van der Waals surface area contributed by atoms with Crippen LogP contribution >= 0.6 is 0 Å². The van der Waals surface area contributed by atoms with E-state index in [-0.39, 0.29) is 49.0 Å². The van der Waals surface area contributed by atoms with E-state index in [0.717, 1.165) is 0 Å². The van der Waals surface area contributed by atoms with Gasteiger partial charge in [-0.15, -0.1) is 0 Å². The summed E-state index contributed by atoms with van der Waals surface area (Å²) in [4.78, 5) is 37.9. The smallest absolute Gasteiger partial charge is 0.309 e. The van der Waals surface area contributed by atoms with E-state index in [1.54, 1.807) is 19.9 Å². The average molecular weight is 563 g/mol. The summed E-state index contributed by atoms with van der Waals surface area (Å²) in [6.45, 7) is 10.5. The Morgan fingerprint density at radius 1 is 1.15 bits per heavy atom. The first-order chi connectivity index (χ1) is 18.5. The van der Waals surface area contributed by atoms with Crippen molar-refractivity contribution in [2.24, 2.45) is 40.4 Å². The number of carbonyl (C=O) groups excluding carboxylic acids is 3. The lowest BCUT2D eigenvalue weighted by Gasteiger charge is -2.60. The molecule has 5 rings (SSSR count). The fourth-order valence-corrected chi connectivity index (χ4v) is 9.74. The normalized spacial score (nSPS) is 48.7. The van der Waals surface area contributed by atoms with Crippen LogP contribution in [0.3, 0.4) is 0 Å². The van der Waals surface area contributed by atoms with Crippen molar-refractivity contribution in [3.63, 3.8) is 0 Å². The van der Waals surface area contributed by atoms with E-state index in [0.29, 0.717) is 31.3 Å². The molecule has 0 amide bonds. The Kier molecular flexibility index (Phi) is 7.13. The molecule has 9 heteroatoms. The van der Waals surface area contributed by atoms with E-state index in [9.17, 15) is 34.8 Å². The molecule has 0 aromatic rings. The molecule has 3 saturated carbocycles. The predicted octanol–water partition coefficient (Wildman–Crippen LogP) is 2.46. The minimum atomic E-state index is -1.53. The second-order valence-electron chi connectivity index (χ2n) is 14.2. The van der Waals surface area contributed by atoms with Gasteiger partial charge in [0.25, 0.3) is 0 Å². The maximum Gasteiger partial charge on any atom is 0.309 e. The highest BCUT2D eigenvalue weighted by molar-refractivity contribution is 5.95. The van der Waals surface area contributed by atoms with Crippen molar-refractivity contribution in [3.8, 4) is 0 Å². The summed E-state index contributed by atoms with van der Waals surface area (Å²) in [5.74, 6) is -2.61. The van der Waals surface area contributed by atoms with Crippen molar-refractivity contribution in [1.29, 1.82) is 0 Å². The molecule has 1 saturated heterocycles. The van der Waals surface area contributed by atoms with E-state index in [1.807, 2.05) is 20.8 Å². The molecule has 0 bridgehead atoms. The highest BCUT2D eigenvalue weighted by Gasteiger charge is 2.69. The number of fused-ring (bicyclic) bond motifs is 5. The van der Waals surface area contributed by atoms with Crippen LogP contribution in [0.5, 0.6) is 0 Å². The predicted molar refractivity (Wildman–Crippen MR) is 143 cm³/mol. The second-order valence-corrected chi connectivity index (χ2v) is 14.2. The number of aliphatic hydroxyl groups excluding tert-OH is 2. The molecular formula is C31H46O9. The Hall–Kier alpha value is -1.81. The van der Waals surface area contributed by atoms with E-state index in [2.05, 4.69) is 0 Å². The van der Waals surface area contributed by atoms with Crippen molar-refractivity contribution >= 4 is 17.7 Å². The molecular weight excluding hydrogens is 516 g/mol. The van der Waals surface area contributed by atoms with Crippen molar-refractivity contribution < 1.29 is 44.3 Å². The van der Waals surface area contributed by atoms with E-state index < -0.39 is 64.1 Å². The highest BCUT2D eigenvalue weighted by atomic mass is 16.6. The summed E-state index contributed by atoms with van der Waals surface area (Å²) in [6.07, 6.45) is 1.21. The van der Waals surface area contributed by atoms with Gasteiger partial charge < -0.3 is 29.9 Å². The minimum Gasteiger partial charge on any atom is -0.462 e. The number of allylic oxidation sites excluding steroid dienone is 1. The van der Waals surface area contributed by atoms with Gasteiger partial charge in [0.05, 0.1) is 23.7 Å². The molecule has 9 nitrogen and oxygen atoms in total. The number of ether oxygens (including phenoxy) is 2. The quantitative estimate of drug-likeness (QED) is 0.371. The SMILES string of the molecule is CC(=O)O[C@H](C[C@H]1[C@H](C)C(=O)O[C@@H]1C)[C@](C)(O)[C@H]1CC[C@@]2(O)C3=CC(=O)[C@@H]4C[C@@H](O)[C@H](O)C[C@]4(C)[C@H]3CC[C@]12C. The van der Waals surface area contributed by atoms with Gasteiger partial charge in [0.1, 0.15) is 17.8 Å². The van der Waals surface area contributed by atoms with Crippen LogP contribution in [0.15, 0.2) is 11.6 Å². The number of esters is 2. The van der Waals surface area contributed by atoms with Crippen LogP contribution in [0.2, 0.25) is 0 Å². The highest BCUT2D eigenvalue weighted by Crippen LogP contribution is 2.68.